The molecule has 0 saturated heterocycles. The molecule has 9 nitrogen and oxygen atoms in total. The number of hydrazone groups is 1. The van der Waals surface area contributed by atoms with E-state index >= 15 is 0 Å². The summed E-state index contributed by atoms with van der Waals surface area (Å²) in [5.41, 5.74) is 2.80. The summed E-state index contributed by atoms with van der Waals surface area (Å²) in [6, 6.07) is 12.3. The van der Waals surface area contributed by atoms with Gasteiger partial charge in [-0.1, -0.05) is 17.7 Å². The number of nitrogens with one attached hydrogen (secondary N) is 1. The molecule has 1 heterocycles. The largest absolute Gasteiger partial charge is 0.276 e. The topological polar surface area (TPSA) is 119 Å². The number of benzene rings is 2. The van der Waals surface area contributed by atoms with Crippen molar-refractivity contribution in [1.29, 1.82) is 0 Å². The molecule has 2 aromatic carbocycles. The van der Waals surface area contributed by atoms with Gasteiger partial charge in [0.1, 0.15) is 0 Å². The molecular weight excluding hydrogens is 382 g/mol. The molecule has 0 atom stereocenters. The van der Waals surface area contributed by atoms with Gasteiger partial charge in [0.05, 0.1) is 27.4 Å². The van der Waals surface area contributed by atoms with E-state index in [2.05, 4.69) is 15.0 Å². The molecule has 0 amide bonds. The molecule has 0 spiro atoms. The summed E-state index contributed by atoms with van der Waals surface area (Å²) >= 11 is 0. The Balaban J connectivity index is 1.76. The molecule has 1 aromatic heterocycles. The van der Waals surface area contributed by atoms with Gasteiger partial charge in [0, 0.05) is 23.9 Å². The zero-order valence-corrected chi connectivity index (χ0v) is 15.9. The van der Waals surface area contributed by atoms with Crippen LogP contribution in [0.15, 0.2) is 64.7 Å². The Bertz CT molecular complexity index is 1130. The highest BCUT2D eigenvalue weighted by atomic mass is 32.2. The van der Waals surface area contributed by atoms with Crippen LogP contribution >= 0.6 is 0 Å². The quantitative estimate of drug-likeness (QED) is 0.388. The minimum atomic E-state index is -3.76. The second-order valence-electron chi connectivity index (χ2n) is 6.05. The van der Waals surface area contributed by atoms with Crippen molar-refractivity contribution < 1.29 is 13.3 Å². The minimum absolute atomic E-state index is 0.0140. The number of sulfonamides is 1. The van der Waals surface area contributed by atoms with E-state index in [1.54, 1.807) is 37.4 Å². The van der Waals surface area contributed by atoms with Crippen LogP contribution in [-0.4, -0.2) is 29.3 Å². The van der Waals surface area contributed by atoms with Crippen LogP contribution in [0.4, 0.5) is 5.69 Å². The van der Waals surface area contributed by atoms with E-state index in [1.165, 1.54) is 35.2 Å². The predicted octanol–water partition coefficient (Wildman–Crippen LogP) is 2.71. The van der Waals surface area contributed by atoms with Gasteiger partial charge in [-0.15, -0.1) is 0 Å². The van der Waals surface area contributed by atoms with Crippen LogP contribution < -0.4 is 4.83 Å². The molecular formula is C18H17N5O4S. The van der Waals surface area contributed by atoms with Crippen molar-refractivity contribution >= 4 is 21.9 Å². The van der Waals surface area contributed by atoms with Gasteiger partial charge >= 0.3 is 0 Å². The van der Waals surface area contributed by atoms with E-state index in [0.29, 0.717) is 16.9 Å². The molecule has 10 heteroatoms. The lowest BCUT2D eigenvalue weighted by atomic mass is 10.2. The van der Waals surface area contributed by atoms with Crippen LogP contribution in [0.2, 0.25) is 0 Å². The summed E-state index contributed by atoms with van der Waals surface area (Å²) in [5, 5.41) is 18.9. The minimum Gasteiger partial charge on any atom is -0.258 e. The van der Waals surface area contributed by atoms with Gasteiger partial charge in [0.2, 0.25) is 0 Å². The Labute approximate surface area is 161 Å². The van der Waals surface area contributed by atoms with Crippen molar-refractivity contribution in [2.24, 2.45) is 5.10 Å². The fraction of sp³-hybridized carbons (Fsp3) is 0.111. The molecule has 0 unspecified atom stereocenters. The Morgan fingerprint density at radius 2 is 1.75 bits per heavy atom. The fourth-order valence-electron chi connectivity index (χ4n) is 2.39. The number of aryl methyl sites for hydroxylation is 2. The van der Waals surface area contributed by atoms with E-state index in [-0.39, 0.29) is 10.6 Å². The van der Waals surface area contributed by atoms with Crippen LogP contribution in [0.3, 0.4) is 0 Å². The number of hydrogen-bond acceptors (Lipinski definition) is 6. The monoisotopic (exact) mass is 399 g/mol. The second kappa shape index (κ2) is 7.61. The van der Waals surface area contributed by atoms with E-state index in [9.17, 15) is 18.5 Å². The number of aromatic nitrogens is 2. The third-order valence-corrected chi connectivity index (χ3v) is 5.21. The molecule has 0 radical (unpaired) electrons. The van der Waals surface area contributed by atoms with E-state index in [1.807, 2.05) is 6.92 Å². The SMILES string of the molecule is Cc1ccc(S(=O)(=O)N/N=C/c2cn(-c3ccc([N+](=O)[O-])cc3)nc2C)cc1. The summed E-state index contributed by atoms with van der Waals surface area (Å²) in [7, 11) is -3.76. The first-order valence-electron chi connectivity index (χ1n) is 8.19. The Morgan fingerprint density at radius 3 is 2.36 bits per heavy atom. The molecule has 0 saturated carbocycles. The first kappa shape index (κ1) is 19.2. The average Bonchev–Trinajstić information content (AvgIpc) is 3.03. The van der Waals surface area contributed by atoms with Gasteiger partial charge in [0.25, 0.3) is 15.7 Å². The summed E-state index contributed by atoms with van der Waals surface area (Å²) < 4.78 is 26.0. The van der Waals surface area contributed by atoms with Crippen molar-refractivity contribution in [3.05, 3.63) is 81.7 Å². The molecule has 0 fully saturated rings. The molecule has 0 aliphatic rings. The zero-order chi connectivity index (χ0) is 20.3. The van der Waals surface area contributed by atoms with Gasteiger partial charge < -0.3 is 0 Å². The maximum atomic E-state index is 12.2. The zero-order valence-electron chi connectivity index (χ0n) is 15.1. The number of nitrogens with zero attached hydrogens (tertiary/aromatic N) is 4. The Hall–Kier alpha value is -3.53. The highest BCUT2D eigenvalue weighted by Gasteiger charge is 2.12. The number of non-ortho nitro benzene ring substituents is 1. The normalized spacial score (nSPS) is 11.6. The van der Waals surface area contributed by atoms with Crippen LogP contribution in [0, 0.1) is 24.0 Å². The predicted molar refractivity (Wildman–Crippen MR) is 104 cm³/mol. The van der Waals surface area contributed by atoms with Crippen molar-refractivity contribution in [2.45, 2.75) is 18.7 Å². The number of rotatable bonds is 6. The molecule has 0 aliphatic carbocycles. The van der Waals surface area contributed by atoms with Gasteiger partial charge in [-0.25, -0.2) is 9.51 Å². The third kappa shape index (κ3) is 4.23. The first-order chi connectivity index (χ1) is 13.3. The number of hydrogen-bond donors (Lipinski definition) is 1. The highest BCUT2D eigenvalue weighted by molar-refractivity contribution is 7.89. The lowest BCUT2D eigenvalue weighted by Gasteiger charge is -2.03. The molecule has 144 valence electrons. The van der Waals surface area contributed by atoms with Crippen molar-refractivity contribution in [3.8, 4) is 5.69 Å². The summed E-state index contributed by atoms with van der Waals surface area (Å²) in [6.07, 6.45) is 3.01. The molecule has 0 bridgehead atoms. The summed E-state index contributed by atoms with van der Waals surface area (Å²) in [5.74, 6) is 0. The van der Waals surface area contributed by atoms with Crippen LogP contribution in [0.5, 0.6) is 0 Å². The molecule has 3 aromatic rings. The number of nitro groups is 1. The van der Waals surface area contributed by atoms with Crippen molar-refractivity contribution in [1.82, 2.24) is 14.6 Å². The maximum Gasteiger partial charge on any atom is 0.276 e. The van der Waals surface area contributed by atoms with Gasteiger partial charge in [-0.05, 0) is 38.1 Å². The van der Waals surface area contributed by atoms with E-state index in [0.717, 1.165) is 5.56 Å². The van der Waals surface area contributed by atoms with E-state index < -0.39 is 14.9 Å². The standard InChI is InChI=1S/C18H17N5O4S/c1-13-3-9-18(10-4-13)28(26,27)21-19-11-15-12-22(20-14(15)2)16-5-7-17(8-6-16)23(24)25/h3-12,21H,1-2H3/b19-11+. The maximum absolute atomic E-state index is 12.2. The van der Waals surface area contributed by atoms with Crippen LogP contribution in [0.1, 0.15) is 16.8 Å². The van der Waals surface area contributed by atoms with Crippen molar-refractivity contribution in [3.63, 3.8) is 0 Å². The van der Waals surface area contributed by atoms with Gasteiger partial charge in [0.15, 0.2) is 0 Å². The van der Waals surface area contributed by atoms with Crippen LogP contribution in [-0.2, 0) is 10.0 Å². The first-order valence-corrected chi connectivity index (χ1v) is 9.67. The van der Waals surface area contributed by atoms with Gasteiger partial charge in [-0.2, -0.15) is 18.6 Å². The molecule has 3 rings (SSSR count). The van der Waals surface area contributed by atoms with E-state index in [4.69, 9.17) is 0 Å². The highest BCUT2D eigenvalue weighted by Crippen LogP contribution is 2.16. The lowest BCUT2D eigenvalue weighted by Crippen LogP contribution is -2.18. The third-order valence-electron chi connectivity index (χ3n) is 3.97. The second-order valence-corrected chi connectivity index (χ2v) is 7.71. The van der Waals surface area contributed by atoms with Crippen LogP contribution in [0.25, 0.3) is 5.69 Å². The molecule has 1 N–H and O–H groups in total. The Kier molecular flexibility index (Phi) is 5.23. The summed E-state index contributed by atoms with van der Waals surface area (Å²) in [4.78, 5) is 12.5. The number of nitro benzene ring substituents is 1. The van der Waals surface area contributed by atoms with Gasteiger partial charge in [-0.3, -0.25) is 10.1 Å². The molecule has 28 heavy (non-hydrogen) atoms. The molecule has 0 aliphatic heterocycles. The summed E-state index contributed by atoms with van der Waals surface area (Å²) in [6.45, 7) is 3.62. The smallest absolute Gasteiger partial charge is 0.258 e. The Morgan fingerprint density at radius 1 is 1.11 bits per heavy atom. The lowest BCUT2D eigenvalue weighted by molar-refractivity contribution is -0.384. The van der Waals surface area contributed by atoms with Crippen molar-refractivity contribution in [2.75, 3.05) is 0 Å². The fourth-order valence-corrected chi connectivity index (χ4v) is 3.19. The average molecular weight is 399 g/mol.